The average Bonchev–Trinajstić information content (AvgIpc) is 3.11. The van der Waals surface area contributed by atoms with E-state index in [1.54, 1.807) is 12.0 Å². The molecule has 1 atom stereocenters. The van der Waals surface area contributed by atoms with Crippen LogP contribution in [0.5, 0.6) is 5.75 Å². The SMILES string of the molecule is COc1cccc(CN2CCC[C@@](O)(CNC3CCCC3)C2=O)c1. The number of methoxy groups -OCH3 is 1. The van der Waals surface area contributed by atoms with Gasteiger partial charge in [0.2, 0.25) is 0 Å². The highest BCUT2D eigenvalue weighted by Gasteiger charge is 2.42. The fourth-order valence-electron chi connectivity index (χ4n) is 3.81. The maximum absolute atomic E-state index is 12.8. The van der Waals surface area contributed by atoms with Gasteiger partial charge in [-0.05, 0) is 43.4 Å². The van der Waals surface area contributed by atoms with Crippen molar-refractivity contribution in [1.82, 2.24) is 10.2 Å². The highest BCUT2D eigenvalue weighted by atomic mass is 16.5. The van der Waals surface area contributed by atoms with Crippen LogP contribution in [0.4, 0.5) is 0 Å². The molecule has 0 aromatic heterocycles. The van der Waals surface area contributed by atoms with Crippen LogP contribution in [0.25, 0.3) is 0 Å². The molecule has 1 saturated carbocycles. The van der Waals surface area contributed by atoms with Crippen molar-refractivity contribution in [2.45, 2.75) is 56.7 Å². The highest BCUT2D eigenvalue weighted by molar-refractivity contribution is 5.86. The molecule has 132 valence electrons. The molecular weight excluding hydrogens is 304 g/mol. The van der Waals surface area contributed by atoms with Crippen LogP contribution in [-0.2, 0) is 11.3 Å². The Bertz CT molecular complexity index is 571. The summed E-state index contributed by atoms with van der Waals surface area (Å²) in [4.78, 5) is 14.6. The van der Waals surface area contributed by atoms with Gasteiger partial charge >= 0.3 is 0 Å². The number of rotatable bonds is 6. The summed E-state index contributed by atoms with van der Waals surface area (Å²) in [6.07, 6.45) is 6.16. The number of benzene rings is 1. The third-order valence-electron chi connectivity index (χ3n) is 5.25. The van der Waals surface area contributed by atoms with E-state index in [1.165, 1.54) is 12.8 Å². The molecule has 0 spiro atoms. The second kappa shape index (κ2) is 7.53. The molecule has 0 radical (unpaired) electrons. The van der Waals surface area contributed by atoms with Crippen molar-refractivity contribution in [3.8, 4) is 5.75 Å². The minimum absolute atomic E-state index is 0.151. The standard InChI is InChI=1S/C19H28N2O3/c1-24-17-9-4-6-15(12-17)13-21-11-5-10-19(23,18(21)22)14-20-16-7-2-3-8-16/h4,6,9,12,16,20,23H,2-3,5,7-8,10-11,13-14H2,1H3/t19-/m1/s1. The van der Waals surface area contributed by atoms with Crippen molar-refractivity contribution in [3.63, 3.8) is 0 Å². The molecule has 2 N–H and O–H groups in total. The lowest BCUT2D eigenvalue weighted by molar-refractivity contribution is -0.157. The molecule has 2 fully saturated rings. The second-order valence-corrected chi connectivity index (χ2v) is 7.08. The number of hydrogen-bond acceptors (Lipinski definition) is 4. The third kappa shape index (κ3) is 3.90. The van der Waals surface area contributed by atoms with E-state index in [2.05, 4.69) is 5.32 Å². The quantitative estimate of drug-likeness (QED) is 0.837. The zero-order chi connectivity index (χ0) is 17.0. The van der Waals surface area contributed by atoms with Gasteiger partial charge in [-0.25, -0.2) is 0 Å². The summed E-state index contributed by atoms with van der Waals surface area (Å²) in [7, 11) is 1.64. The summed E-state index contributed by atoms with van der Waals surface area (Å²) in [5.74, 6) is 0.636. The molecule has 0 unspecified atom stereocenters. The van der Waals surface area contributed by atoms with Gasteiger partial charge in [-0.1, -0.05) is 25.0 Å². The van der Waals surface area contributed by atoms with Crippen molar-refractivity contribution < 1.29 is 14.6 Å². The summed E-state index contributed by atoms with van der Waals surface area (Å²) in [6, 6.07) is 8.20. The Morgan fingerprint density at radius 1 is 1.33 bits per heavy atom. The minimum atomic E-state index is -1.26. The normalized spacial score (nSPS) is 25.2. The van der Waals surface area contributed by atoms with Crippen LogP contribution in [-0.4, -0.2) is 47.8 Å². The Kier molecular flexibility index (Phi) is 5.41. The predicted molar refractivity (Wildman–Crippen MR) is 92.9 cm³/mol. The van der Waals surface area contributed by atoms with Crippen molar-refractivity contribution in [1.29, 1.82) is 0 Å². The van der Waals surface area contributed by atoms with E-state index in [4.69, 9.17) is 4.74 Å². The number of likely N-dealkylation sites (tertiary alicyclic amines) is 1. The number of ether oxygens (including phenoxy) is 1. The summed E-state index contributed by atoms with van der Waals surface area (Å²) in [5, 5.41) is 14.3. The van der Waals surface area contributed by atoms with Crippen LogP contribution in [0.2, 0.25) is 0 Å². The molecule has 1 aromatic rings. The van der Waals surface area contributed by atoms with Gasteiger partial charge in [0.1, 0.15) is 5.75 Å². The zero-order valence-electron chi connectivity index (χ0n) is 14.5. The van der Waals surface area contributed by atoms with E-state index in [0.29, 0.717) is 32.1 Å². The lowest BCUT2D eigenvalue weighted by atomic mass is 9.91. The average molecular weight is 332 g/mol. The summed E-state index contributed by atoms with van der Waals surface area (Å²) >= 11 is 0. The van der Waals surface area contributed by atoms with Gasteiger partial charge in [0.15, 0.2) is 5.60 Å². The lowest BCUT2D eigenvalue weighted by Crippen LogP contribution is -2.58. The number of piperidine rings is 1. The van der Waals surface area contributed by atoms with E-state index in [0.717, 1.165) is 30.6 Å². The third-order valence-corrected chi connectivity index (χ3v) is 5.25. The fourth-order valence-corrected chi connectivity index (χ4v) is 3.81. The first-order chi connectivity index (χ1) is 11.6. The molecule has 1 aromatic carbocycles. The van der Waals surface area contributed by atoms with Gasteiger partial charge in [-0.3, -0.25) is 4.79 Å². The molecule has 1 amide bonds. The van der Waals surface area contributed by atoms with Gasteiger partial charge < -0.3 is 20.1 Å². The molecule has 5 heteroatoms. The maximum atomic E-state index is 12.8. The fraction of sp³-hybridized carbons (Fsp3) is 0.632. The lowest BCUT2D eigenvalue weighted by Gasteiger charge is -2.39. The van der Waals surface area contributed by atoms with Crippen LogP contribution < -0.4 is 10.1 Å². The molecule has 0 bridgehead atoms. The Morgan fingerprint density at radius 2 is 2.12 bits per heavy atom. The van der Waals surface area contributed by atoms with Crippen molar-refractivity contribution in [2.24, 2.45) is 0 Å². The maximum Gasteiger partial charge on any atom is 0.256 e. The Balaban J connectivity index is 1.62. The van der Waals surface area contributed by atoms with E-state index >= 15 is 0 Å². The first kappa shape index (κ1) is 17.2. The number of nitrogens with one attached hydrogen (secondary N) is 1. The molecular formula is C19H28N2O3. The van der Waals surface area contributed by atoms with E-state index < -0.39 is 5.60 Å². The van der Waals surface area contributed by atoms with Crippen molar-refractivity contribution in [2.75, 3.05) is 20.2 Å². The molecule has 3 rings (SSSR count). The van der Waals surface area contributed by atoms with Crippen LogP contribution in [0.1, 0.15) is 44.1 Å². The molecule has 1 heterocycles. The molecule has 5 nitrogen and oxygen atoms in total. The highest BCUT2D eigenvalue weighted by Crippen LogP contribution is 2.26. The van der Waals surface area contributed by atoms with Gasteiger partial charge in [-0.15, -0.1) is 0 Å². The zero-order valence-corrected chi connectivity index (χ0v) is 14.5. The molecule has 24 heavy (non-hydrogen) atoms. The number of carbonyl (C=O) groups excluding carboxylic acids is 1. The first-order valence-corrected chi connectivity index (χ1v) is 8.99. The summed E-state index contributed by atoms with van der Waals surface area (Å²) in [6.45, 7) is 1.58. The molecule has 1 aliphatic carbocycles. The summed E-state index contributed by atoms with van der Waals surface area (Å²) in [5.41, 5.74) is -0.240. The first-order valence-electron chi connectivity index (χ1n) is 8.99. The number of nitrogens with zero attached hydrogens (tertiary/aromatic N) is 1. The largest absolute Gasteiger partial charge is 0.497 e. The topological polar surface area (TPSA) is 61.8 Å². The smallest absolute Gasteiger partial charge is 0.256 e. The van der Waals surface area contributed by atoms with Gasteiger partial charge in [0.25, 0.3) is 5.91 Å². The molecule has 1 aliphatic heterocycles. The van der Waals surface area contributed by atoms with Gasteiger partial charge in [-0.2, -0.15) is 0 Å². The number of aliphatic hydroxyl groups is 1. The van der Waals surface area contributed by atoms with E-state index in [1.807, 2.05) is 24.3 Å². The van der Waals surface area contributed by atoms with Crippen LogP contribution in [0.3, 0.4) is 0 Å². The predicted octanol–water partition coefficient (Wildman–Crippen LogP) is 2.08. The van der Waals surface area contributed by atoms with Crippen molar-refractivity contribution >= 4 is 5.91 Å². The van der Waals surface area contributed by atoms with Crippen LogP contribution >= 0.6 is 0 Å². The van der Waals surface area contributed by atoms with Crippen LogP contribution in [0, 0.1) is 0 Å². The van der Waals surface area contributed by atoms with E-state index in [9.17, 15) is 9.90 Å². The summed E-state index contributed by atoms with van der Waals surface area (Å²) < 4.78 is 5.24. The molecule has 2 aliphatic rings. The number of amides is 1. The second-order valence-electron chi connectivity index (χ2n) is 7.08. The van der Waals surface area contributed by atoms with Gasteiger partial charge in [0.05, 0.1) is 7.11 Å². The minimum Gasteiger partial charge on any atom is -0.497 e. The Labute approximate surface area is 144 Å². The number of hydrogen-bond donors (Lipinski definition) is 2. The van der Waals surface area contributed by atoms with Crippen LogP contribution in [0.15, 0.2) is 24.3 Å². The Morgan fingerprint density at radius 3 is 2.88 bits per heavy atom. The monoisotopic (exact) mass is 332 g/mol. The van der Waals surface area contributed by atoms with Gasteiger partial charge in [0, 0.05) is 25.7 Å². The van der Waals surface area contributed by atoms with E-state index in [-0.39, 0.29) is 5.91 Å². The Hall–Kier alpha value is -1.59. The van der Waals surface area contributed by atoms with Crippen molar-refractivity contribution in [3.05, 3.63) is 29.8 Å². The number of carbonyl (C=O) groups is 1. The molecule has 1 saturated heterocycles.